The maximum atomic E-state index is 11.8. The molecule has 0 saturated carbocycles. The molecule has 1 aliphatic heterocycles. The number of aliphatic carboxylic acids is 1. The van der Waals surface area contributed by atoms with Crippen LogP contribution in [0.4, 0.5) is 0 Å². The van der Waals surface area contributed by atoms with Gasteiger partial charge in [-0.3, -0.25) is 4.79 Å². The normalized spacial score (nSPS) is 26.4. The Kier molecular flexibility index (Phi) is 7.41. The van der Waals surface area contributed by atoms with E-state index in [1.54, 1.807) is 6.92 Å². The number of ether oxygens (including phenoxy) is 1. The molecule has 18 heavy (non-hydrogen) atoms. The van der Waals surface area contributed by atoms with Gasteiger partial charge in [0.15, 0.2) is 4.87 Å². The van der Waals surface area contributed by atoms with E-state index in [4.69, 9.17) is 9.84 Å². The molecule has 0 aliphatic carbocycles. The third-order valence-corrected chi connectivity index (χ3v) is 3.98. The standard InChI is InChI=1S/C10H15NO5S.K/c1-4-16-9(15)10(3)11(6(2)12)7(5-17-10)8(13)14;/h7H,4-5H2,1-3H3,(H,13,14);. The molecule has 1 N–H and O–H groups in total. The zero-order valence-electron chi connectivity index (χ0n) is 10.9. The van der Waals surface area contributed by atoms with Crippen molar-refractivity contribution in [1.29, 1.82) is 0 Å². The Hall–Kier alpha value is 0.396. The van der Waals surface area contributed by atoms with Gasteiger partial charge < -0.3 is 14.7 Å². The number of carboxylic acids is 1. The fourth-order valence-electron chi connectivity index (χ4n) is 1.81. The number of amides is 1. The third kappa shape index (κ3) is 3.48. The van der Waals surface area contributed by atoms with Crippen LogP contribution in [-0.4, -0.2) is 103 Å². The van der Waals surface area contributed by atoms with E-state index in [2.05, 4.69) is 0 Å². The van der Waals surface area contributed by atoms with Gasteiger partial charge in [-0.05, 0) is 13.8 Å². The van der Waals surface area contributed by atoms with Gasteiger partial charge in [-0.15, -0.1) is 11.8 Å². The number of carbonyl (C=O) groups excluding carboxylic acids is 2. The van der Waals surface area contributed by atoms with Gasteiger partial charge in [0, 0.05) is 64.1 Å². The van der Waals surface area contributed by atoms with Crippen molar-refractivity contribution in [1.82, 2.24) is 4.90 Å². The van der Waals surface area contributed by atoms with Crippen molar-refractivity contribution >= 4 is 81.0 Å². The predicted molar refractivity (Wildman–Crippen MR) is 67.2 cm³/mol. The van der Waals surface area contributed by atoms with E-state index >= 15 is 0 Å². The van der Waals surface area contributed by atoms with Crippen molar-refractivity contribution in [3.05, 3.63) is 0 Å². The molecule has 0 aromatic carbocycles. The topological polar surface area (TPSA) is 83.9 Å². The predicted octanol–water partition coefficient (Wildman–Crippen LogP) is -0.0666. The molecule has 1 radical (unpaired) electrons. The van der Waals surface area contributed by atoms with Crippen LogP contribution >= 0.6 is 11.8 Å². The van der Waals surface area contributed by atoms with Crippen molar-refractivity contribution in [2.24, 2.45) is 0 Å². The second kappa shape index (κ2) is 7.25. The third-order valence-electron chi connectivity index (χ3n) is 2.57. The molecule has 1 rings (SSSR count). The molecule has 0 spiro atoms. The first-order chi connectivity index (χ1) is 7.84. The Morgan fingerprint density at radius 3 is 2.44 bits per heavy atom. The monoisotopic (exact) mass is 300 g/mol. The summed E-state index contributed by atoms with van der Waals surface area (Å²) in [5.41, 5.74) is 0. The molecule has 0 aromatic heterocycles. The van der Waals surface area contributed by atoms with Crippen molar-refractivity contribution < 1.29 is 24.2 Å². The molecular weight excluding hydrogens is 285 g/mol. The molecular formula is C10H15KNO5S. The largest absolute Gasteiger partial charge is 0.480 e. The van der Waals surface area contributed by atoms with E-state index in [1.165, 1.54) is 13.8 Å². The maximum Gasteiger partial charge on any atom is 0.342 e. The zero-order valence-corrected chi connectivity index (χ0v) is 14.9. The van der Waals surface area contributed by atoms with Crippen LogP contribution in [0.25, 0.3) is 0 Å². The minimum absolute atomic E-state index is 0. The van der Waals surface area contributed by atoms with E-state index < -0.39 is 28.8 Å². The molecule has 2 unspecified atom stereocenters. The summed E-state index contributed by atoms with van der Waals surface area (Å²) in [6.45, 7) is 4.62. The number of thioether (sulfide) groups is 1. The molecule has 97 valence electrons. The fourth-order valence-corrected chi connectivity index (χ4v) is 3.15. The second-order valence-electron chi connectivity index (χ2n) is 3.76. The molecule has 0 bridgehead atoms. The Morgan fingerprint density at radius 1 is 1.50 bits per heavy atom. The first-order valence-corrected chi connectivity index (χ1v) is 6.17. The summed E-state index contributed by atoms with van der Waals surface area (Å²) in [4.78, 5) is 34.2. The number of carboxylic acid groups (broad SMARTS) is 1. The average molecular weight is 300 g/mol. The van der Waals surface area contributed by atoms with Gasteiger partial charge in [0.2, 0.25) is 5.91 Å². The summed E-state index contributed by atoms with van der Waals surface area (Å²) in [7, 11) is 0. The second-order valence-corrected chi connectivity index (χ2v) is 5.17. The summed E-state index contributed by atoms with van der Waals surface area (Å²) in [6.07, 6.45) is 0. The van der Waals surface area contributed by atoms with E-state index in [0.29, 0.717) is 0 Å². The minimum atomic E-state index is -1.25. The van der Waals surface area contributed by atoms with E-state index in [9.17, 15) is 14.4 Å². The first kappa shape index (κ1) is 18.4. The molecule has 0 aromatic rings. The van der Waals surface area contributed by atoms with Crippen LogP contribution < -0.4 is 0 Å². The quantitative estimate of drug-likeness (QED) is 0.580. The van der Waals surface area contributed by atoms with Crippen molar-refractivity contribution in [2.75, 3.05) is 12.4 Å². The molecule has 6 nitrogen and oxygen atoms in total. The van der Waals surface area contributed by atoms with Gasteiger partial charge in [0.05, 0.1) is 6.61 Å². The Morgan fingerprint density at radius 2 is 2.06 bits per heavy atom. The van der Waals surface area contributed by atoms with Crippen LogP contribution in [0.2, 0.25) is 0 Å². The molecule has 8 heteroatoms. The zero-order chi connectivity index (χ0) is 13.2. The fraction of sp³-hybridized carbons (Fsp3) is 0.700. The van der Waals surface area contributed by atoms with E-state index in [0.717, 1.165) is 16.7 Å². The van der Waals surface area contributed by atoms with Crippen molar-refractivity contribution in [3.63, 3.8) is 0 Å². The number of hydrogen-bond acceptors (Lipinski definition) is 5. The molecule has 1 fully saturated rings. The Bertz CT molecular complexity index is 364. The summed E-state index contributed by atoms with van der Waals surface area (Å²) in [5.74, 6) is -1.95. The van der Waals surface area contributed by atoms with E-state index in [1.807, 2.05) is 0 Å². The van der Waals surface area contributed by atoms with Crippen LogP contribution in [0.5, 0.6) is 0 Å². The Balaban J connectivity index is 0.00000289. The molecule has 1 saturated heterocycles. The van der Waals surface area contributed by atoms with Gasteiger partial charge in [-0.25, -0.2) is 9.59 Å². The maximum absolute atomic E-state index is 11.8. The average Bonchev–Trinajstić information content (AvgIpc) is 2.58. The van der Waals surface area contributed by atoms with Gasteiger partial charge in [0.1, 0.15) is 6.04 Å². The number of nitrogens with zero attached hydrogens (tertiary/aromatic N) is 1. The van der Waals surface area contributed by atoms with E-state index in [-0.39, 0.29) is 63.7 Å². The Labute approximate surface area is 152 Å². The van der Waals surface area contributed by atoms with Crippen LogP contribution in [0.1, 0.15) is 20.8 Å². The number of rotatable bonds is 3. The van der Waals surface area contributed by atoms with Crippen molar-refractivity contribution in [3.8, 4) is 0 Å². The number of carbonyl (C=O) groups is 3. The first-order valence-electron chi connectivity index (χ1n) is 5.18. The van der Waals surface area contributed by atoms with Crippen LogP contribution in [-0.2, 0) is 19.1 Å². The van der Waals surface area contributed by atoms with Crippen LogP contribution in [0.15, 0.2) is 0 Å². The smallest absolute Gasteiger partial charge is 0.342 e. The van der Waals surface area contributed by atoms with Gasteiger partial charge in [-0.2, -0.15) is 0 Å². The number of esters is 1. The van der Waals surface area contributed by atoms with Gasteiger partial charge in [-0.1, -0.05) is 0 Å². The molecule has 1 heterocycles. The summed E-state index contributed by atoms with van der Waals surface area (Å²) >= 11 is 1.12. The molecule has 2 atom stereocenters. The molecule has 1 amide bonds. The summed E-state index contributed by atoms with van der Waals surface area (Å²) in [5, 5.41) is 9.02. The summed E-state index contributed by atoms with van der Waals surface area (Å²) in [6, 6.07) is -0.980. The van der Waals surface area contributed by atoms with Crippen LogP contribution in [0, 0.1) is 0 Å². The molecule has 1 aliphatic rings. The summed E-state index contributed by atoms with van der Waals surface area (Å²) < 4.78 is 4.89. The SMILES string of the molecule is CCOC(=O)C1(C)SCC(C(=O)O)N1C(C)=O.[K]. The minimum Gasteiger partial charge on any atom is -0.480 e. The van der Waals surface area contributed by atoms with Crippen LogP contribution in [0.3, 0.4) is 0 Å². The van der Waals surface area contributed by atoms with Gasteiger partial charge in [0.25, 0.3) is 0 Å². The number of hydrogen-bond donors (Lipinski definition) is 1. The van der Waals surface area contributed by atoms with Crippen molar-refractivity contribution in [2.45, 2.75) is 31.7 Å². The van der Waals surface area contributed by atoms with Gasteiger partial charge >= 0.3 is 11.9 Å².